The molecule has 1 unspecified atom stereocenters. The number of hydrogen-bond acceptors (Lipinski definition) is 3. The normalized spacial score (nSPS) is 11.9. The van der Waals surface area contributed by atoms with Gasteiger partial charge < -0.3 is 15.3 Å². The van der Waals surface area contributed by atoms with Crippen LogP contribution in [0.15, 0.2) is 30.3 Å². The number of anilines is 1. The van der Waals surface area contributed by atoms with Crippen LogP contribution in [0.3, 0.4) is 0 Å². The first kappa shape index (κ1) is 15.5. The van der Waals surface area contributed by atoms with E-state index in [1.165, 1.54) is 0 Å². The zero-order chi connectivity index (χ0) is 14.1. The number of benzene rings is 1. The molecule has 4 nitrogen and oxygen atoms in total. The maximum Gasteiger partial charge on any atom is 0.239 e. The molecule has 0 aliphatic rings. The van der Waals surface area contributed by atoms with Gasteiger partial charge in [-0.15, -0.1) is 0 Å². The fraction of sp³-hybridized carbons (Fsp3) is 0.533. The molecule has 1 amide bonds. The summed E-state index contributed by atoms with van der Waals surface area (Å²) in [5, 5.41) is 12.3. The minimum absolute atomic E-state index is 0.00555. The van der Waals surface area contributed by atoms with Gasteiger partial charge in [0.2, 0.25) is 5.91 Å². The Bertz CT molecular complexity index is 368. The van der Waals surface area contributed by atoms with Crippen molar-refractivity contribution >= 4 is 11.6 Å². The highest BCUT2D eigenvalue weighted by atomic mass is 16.3. The molecule has 0 bridgehead atoms. The van der Waals surface area contributed by atoms with E-state index in [1.807, 2.05) is 49.1 Å². The van der Waals surface area contributed by atoms with Gasteiger partial charge in [-0.05, 0) is 31.9 Å². The number of likely N-dealkylation sites (N-methyl/N-ethyl adjacent to an activating group) is 1. The summed E-state index contributed by atoms with van der Waals surface area (Å²) in [5.74, 6) is -0.00555. The Morgan fingerprint density at radius 1 is 1.32 bits per heavy atom. The first-order valence-electron chi connectivity index (χ1n) is 6.92. The highest BCUT2D eigenvalue weighted by Gasteiger charge is 2.09. The van der Waals surface area contributed by atoms with Crippen LogP contribution in [0.25, 0.3) is 0 Å². The minimum Gasteiger partial charge on any atom is -0.393 e. The highest BCUT2D eigenvalue weighted by molar-refractivity contribution is 5.81. The van der Waals surface area contributed by atoms with E-state index in [4.69, 9.17) is 0 Å². The molecule has 0 radical (unpaired) electrons. The second kappa shape index (κ2) is 8.53. The molecule has 0 saturated carbocycles. The Morgan fingerprint density at radius 2 is 2.00 bits per heavy atom. The van der Waals surface area contributed by atoms with E-state index < -0.39 is 0 Å². The van der Waals surface area contributed by atoms with Crippen molar-refractivity contribution in [3.63, 3.8) is 0 Å². The number of carbonyl (C=O) groups is 1. The van der Waals surface area contributed by atoms with Crippen molar-refractivity contribution < 1.29 is 9.90 Å². The van der Waals surface area contributed by atoms with Crippen LogP contribution < -0.4 is 10.2 Å². The van der Waals surface area contributed by atoms with Crippen molar-refractivity contribution in [2.45, 2.75) is 32.8 Å². The number of aliphatic hydroxyl groups excluding tert-OH is 1. The van der Waals surface area contributed by atoms with Crippen LogP contribution in [0, 0.1) is 0 Å². The van der Waals surface area contributed by atoms with Gasteiger partial charge in [0.1, 0.15) is 0 Å². The Morgan fingerprint density at radius 3 is 2.58 bits per heavy atom. The summed E-state index contributed by atoms with van der Waals surface area (Å²) in [6.07, 6.45) is 1.01. The second-order valence-corrected chi connectivity index (χ2v) is 4.55. The molecular formula is C15H24N2O2. The van der Waals surface area contributed by atoms with Gasteiger partial charge in [0.05, 0.1) is 12.6 Å². The SMILES string of the molecule is CCC(O)CCNC(=O)CN(CC)c1ccccc1. The van der Waals surface area contributed by atoms with Gasteiger partial charge in [0.25, 0.3) is 0 Å². The van der Waals surface area contributed by atoms with Crippen molar-refractivity contribution in [1.29, 1.82) is 0 Å². The smallest absolute Gasteiger partial charge is 0.239 e. The lowest BCUT2D eigenvalue weighted by atomic mass is 10.2. The largest absolute Gasteiger partial charge is 0.393 e. The summed E-state index contributed by atoms with van der Waals surface area (Å²) >= 11 is 0. The number of para-hydroxylation sites is 1. The summed E-state index contributed by atoms with van der Waals surface area (Å²) in [6, 6.07) is 9.89. The number of aliphatic hydroxyl groups is 1. The molecule has 2 N–H and O–H groups in total. The molecule has 0 saturated heterocycles. The molecule has 4 heteroatoms. The monoisotopic (exact) mass is 264 g/mol. The zero-order valence-electron chi connectivity index (χ0n) is 11.8. The predicted molar refractivity (Wildman–Crippen MR) is 78.3 cm³/mol. The topological polar surface area (TPSA) is 52.6 Å². The van der Waals surface area contributed by atoms with Gasteiger partial charge >= 0.3 is 0 Å². The maximum absolute atomic E-state index is 11.8. The quantitative estimate of drug-likeness (QED) is 0.752. The van der Waals surface area contributed by atoms with Crippen LogP contribution in [0.4, 0.5) is 5.69 Å². The summed E-state index contributed by atoms with van der Waals surface area (Å²) in [4.78, 5) is 13.8. The molecule has 1 rings (SSSR count). The number of carbonyl (C=O) groups excluding carboxylic acids is 1. The summed E-state index contributed by atoms with van der Waals surface area (Å²) in [5.41, 5.74) is 1.05. The molecule has 0 aromatic heterocycles. The van der Waals surface area contributed by atoms with E-state index in [0.29, 0.717) is 19.5 Å². The summed E-state index contributed by atoms with van der Waals surface area (Å²) < 4.78 is 0. The Balaban J connectivity index is 2.37. The van der Waals surface area contributed by atoms with Crippen molar-refractivity contribution in [3.8, 4) is 0 Å². The third-order valence-corrected chi connectivity index (χ3v) is 3.11. The molecule has 0 spiro atoms. The Labute approximate surface area is 115 Å². The first-order chi connectivity index (χ1) is 9.17. The third-order valence-electron chi connectivity index (χ3n) is 3.11. The van der Waals surface area contributed by atoms with Crippen LogP contribution >= 0.6 is 0 Å². The van der Waals surface area contributed by atoms with E-state index in [9.17, 15) is 9.90 Å². The van der Waals surface area contributed by atoms with Crippen LogP contribution in [0.5, 0.6) is 0 Å². The third kappa shape index (κ3) is 5.75. The molecular weight excluding hydrogens is 240 g/mol. The van der Waals surface area contributed by atoms with Crippen molar-refractivity contribution in [3.05, 3.63) is 30.3 Å². The molecule has 0 heterocycles. The molecule has 0 aliphatic carbocycles. The lowest BCUT2D eigenvalue weighted by molar-refractivity contribution is -0.119. The maximum atomic E-state index is 11.8. The molecule has 1 atom stereocenters. The highest BCUT2D eigenvalue weighted by Crippen LogP contribution is 2.11. The van der Waals surface area contributed by atoms with Crippen LogP contribution in [0.2, 0.25) is 0 Å². The molecule has 1 aromatic carbocycles. The average molecular weight is 264 g/mol. The zero-order valence-corrected chi connectivity index (χ0v) is 11.8. The van der Waals surface area contributed by atoms with Gasteiger partial charge in [-0.25, -0.2) is 0 Å². The van der Waals surface area contributed by atoms with Crippen LogP contribution in [0.1, 0.15) is 26.7 Å². The van der Waals surface area contributed by atoms with Crippen molar-refractivity contribution in [1.82, 2.24) is 5.32 Å². The number of nitrogens with one attached hydrogen (secondary N) is 1. The molecule has 19 heavy (non-hydrogen) atoms. The van der Waals surface area contributed by atoms with Gasteiger partial charge in [-0.1, -0.05) is 25.1 Å². The Hall–Kier alpha value is -1.55. The van der Waals surface area contributed by atoms with Crippen molar-refractivity contribution in [2.75, 3.05) is 24.5 Å². The number of hydrogen-bond donors (Lipinski definition) is 2. The van der Waals surface area contributed by atoms with Gasteiger partial charge in [-0.3, -0.25) is 4.79 Å². The van der Waals surface area contributed by atoms with Crippen LogP contribution in [-0.2, 0) is 4.79 Å². The van der Waals surface area contributed by atoms with Gasteiger partial charge in [0, 0.05) is 18.8 Å². The minimum atomic E-state index is -0.322. The summed E-state index contributed by atoms with van der Waals surface area (Å²) in [6.45, 7) is 5.62. The standard InChI is InChI=1S/C15H24N2O2/c1-3-14(18)10-11-16-15(19)12-17(4-2)13-8-6-5-7-9-13/h5-9,14,18H,3-4,10-12H2,1-2H3,(H,16,19). The number of rotatable bonds is 8. The van der Waals surface area contributed by atoms with E-state index in [-0.39, 0.29) is 12.0 Å². The van der Waals surface area contributed by atoms with E-state index in [2.05, 4.69) is 5.32 Å². The lowest BCUT2D eigenvalue weighted by Crippen LogP contribution is -2.38. The van der Waals surface area contributed by atoms with Gasteiger partial charge in [-0.2, -0.15) is 0 Å². The fourth-order valence-corrected chi connectivity index (χ4v) is 1.84. The predicted octanol–water partition coefficient (Wildman–Crippen LogP) is 1.79. The number of amides is 1. The van der Waals surface area contributed by atoms with E-state index in [0.717, 1.165) is 18.7 Å². The van der Waals surface area contributed by atoms with Gasteiger partial charge in [0.15, 0.2) is 0 Å². The molecule has 0 aliphatic heterocycles. The van der Waals surface area contributed by atoms with Crippen molar-refractivity contribution in [2.24, 2.45) is 0 Å². The van der Waals surface area contributed by atoms with E-state index >= 15 is 0 Å². The average Bonchev–Trinajstić information content (AvgIpc) is 2.45. The van der Waals surface area contributed by atoms with E-state index in [1.54, 1.807) is 0 Å². The number of nitrogens with zero attached hydrogens (tertiary/aromatic N) is 1. The molecule has 1 aromatic rings. The molecule has 106 valence electrons. The fourth-order valence-electron chi connectivity index (χ4n) is 1.84. The van der Waals surface area contributed by atoms with Crippen LogP contribution in [-0.4, -0.2) is 36.8 Å². The molecule has 0 fully saturated rings. The first-order valence-corrected chi connectivity index (χ1v) is 6.92. The summed E-state index contributed by atoms with van der Waals surface area (Å²) in [7, 11) is 0. The Kier molecular flexibility index (Phi) is 6.97. The second-order valence-electron chi connectivity index (χ2n) is 4.55. The lowest BCUT2D eigenvalue weighted by Gasteiger charge is -2.22.